The second kappa shape index (κ2) is 7.52. The summed E-state index contributed by atoms with van der Waals surface area (Å²) in [7, 11) is 0. The molecule has 1 aromatic heterocycles. The Morgan fingerprint density at radius 3 is 2.39 bits per heavy atom. The minimum absolute atomic E-state index is 0.309. The molecule has 4 aromatic rings. The molecule has 4 nitrogen and oxygen atoms in total. The molecule has 0 saturated carbocycles. The van der Waals surface area contributed by atoms with Gasteiger partial charge < -0.3 is 5.32 Å². The van der Waals surface area contributed by atoms with Gasteiger partial charge in [-0.2, -0.15) is 0 Å². The number of imide groups is 1. The van der Waals surface area contributed by atoms with Gasteiger partial charge >= 0.3 is 0 Å². The van der Waals surface area contributed by atoms with Crippen LogP contribution < -0.4 is 10.2 Å². The lowest BCUT2D eigenvalue weighted by Crippen LogP contribution is -2.32. The van der Waals surface area contributed by atoms with E-state index in [0.29, 0.717) is 17.0 Å². The largest absolute Gasteiger partial charge is 0.350 e. The maximum atomic E-state index is 13.6. The van der Waals surface area contributed by atoms with Crippen molar-refractivity contribution in [1.82, 2.24) is 0 Å². The van der Waals surface area contributed by atoms with Gasteiger partial charge in [0, 0.05) is 16.0 Å². The molecule has 0 aliphatic carbocycles. The van der Waals surface area contributed by atoms with Gasteiger partial charge in [-0.25, -0.2) is 4.90 Å². The summed E-state index contributed by atoms with van der Waals surface area (Å²) in [6.45, 7) is 4.07. The van der Waals surface area contributed by atoms with E-state index in [1.165, 1.54) is 21.8 Å². The van der Waals surface area contributed by atoms with Gasteiger partial charge in [0.1, 0.15) is 5.70 Å². The molecule has 31 heavy (non-hydrogen) atoms. The molecule has 0 radical (unpaired) electrons. The molecule has 0 saturated heterocycles. The van der Waals surface area contributed by atoms with E-state index in [1.54, 1.807) is 0 Å². The van der Waals surface area contributed by atoms with E-state index < -0.39 is 0 Å². The predicted molar refractivity (Wildman–Crippen MR) is 127 cm³/mol. The van der Waals surface area contributed by atoms with E-state index in [2.05, 4.69) is 5.32 Å². The molecule has 1 N–H and O–H groups in total. The number of benzene rings is 3. The topological polar surface area (TPSA) is 49.4 Å². The number of rotatable bonds is 4. The highest BCUT2D eigenvalue weighted by Gasteiger charge is 2.41. The number of nitrogens with zero attached hydrogens (tertiary/aromatic N) is 1. The fraction of sp³-hybridized carbons (Fsp3) is 0.0769. The molecule has 2 amide bonds. The Kier molecular flexibility index (Phi) is 4.68. The first-order valence-corrected chi connectivity index (χ1v) is 10.9. The van der Waals surface area contributed by atoms with Gasteiger partial charge in [0.25, 0.3) is 11.8 Å². The third kappa shape index (κ3) is 3.23. The van der Waals surface area contributed by atoms with Gasteiger partial charge in [0.05, 0.1) is 11.3 Å². The summed E-state index contributed by atoms with van der Waals surface area (Å²) >= 11 is 1.45. The van der Waals surface area contributed by atoms with E-state index in [1.807, 2.05) is 92.0 Å². The molecule has 5 heteroatoms. The Morgan fingerprint density at radius 1 is 0.806 bits per heavy atom. The number of hydrogen-bond donors (Lipinski definition) is 1. The van der Waals surface area contributed by atoms with Gasteiger partial charge in [-0.3, -0.25) is 9.59 Å². The van der Waals surface area contributed by atoms with Crippen molar-refractivity contribution in [3.05, 3.63) is 99.9 Å². The Morgan fingerprint density at radius 2 is 1.61 bits per heavy atom. The van der Waals surface area contributed by atoms with E-state index >= 15 is 0 Å². The van der Waals surface area contributed by atoms with E-state index in [0.717, 1.165) is 26.9 Å². The van der Waals surface area contributed by atoms with Crippen LogP contribution in [0.4, 0.5) is 11.4 Å². The molecule has 5 rings (SSSR count). The lowest BCUT2D eigenvalue weighted by molar-refractivity contribution is -0.120. The third-order valence-corrected chi connectivity index (χ3v) is 6.52. The molecular formula is C26H20N2O2S. The van der Waals surface area contributed by atoms with Crippen molar-refractivity contribution in [1.29, 1.82) is 0 Å². The first kappa shape index (κ1) is 19.3. The number of carbonyl (C=O) groups excluding carboxylic acids is 2. The van der Waals surface area contributed by atoms with Gasteiger partial charge in [0.2, 0.25) is 0 Å². The molecule has 0 bridgehead atoms. The summed E-state index contributed by atoms with van der Waals surface area (Å²) in [6, 6.07) is 23.1. The van der Waals surface area contributed by atoms with Gasteiger partial charge in [-0.05, 0) is 60.0 Å². The van der Waals surface area contributed by atoms with E-state index in [9.17, 15) is 9.59 Å². The second-order valence-electron chi connectivity index (χ2n) is 7.60. The van der Waals surface area contributed by atoms with Crippen molar-refractivity contribution >= 4 is 50.9 Å². The Hall–Kier alpha value is -3.70. The first-order valence-electron chi connectivity index (χ1n) is 10.0. The van der Waals surface area contributed by atoms with Gasteiger partial charge in [-0.15, -0.1) is 11.3 Å². The van der Waals surface area contributed by atoms with Crippen molar-refractivity contribution < 1.29 is 9.59 Å². The van der Waals surface area contributed by atoms with Crippen LogP contribution in [-0.2, 0) is 9.59 Å². The quantitative estimate of drug-likeness (QED) is 0.414. The number of nitrogens with one attached hydrogen (secondary N) is 1. The van der Waals surface area contributed by atoms with Gasteiger partial charge in [0.15, 0.2) is 0 Å². The zero-order chi connectivity index (χ0) is 21.5. The lowest BCUT2D eigenvalue weighted by Gasteiger charge is -2.18. The smallest absolute Gasteiger partial charge is 0.282 e. The van der Waals surface area contributed by atoms with Crippen LogP contribution in [-0.4, -0.2) is 11.8 Å². The number of carbonyl (C=O) groups is 2. The molecule has 2 heterocycles. The predicted octanol–water partition coefficient (Wildman–Crippen LogP) is 5.91. The fourth-order valence-corrected chi connectivity index (χ4v) is 4.65. The Labute approximate surface area is 184 Å². The maximum Gasteiger partial charge on any atom is 0.282 e. The van der Waals surface area contributed by atoms with Crippen LogP contribution in [0.3, 0.4) is 0 Å². The van der Waals surface area contributed by atoms with Crippen molar-refractivity contribution in [2.45, 2.75) is 13.8 Å². The van der Waals surface area contributed by atoms with Crippen LogP contribution >= 0.6 is 11.3 Å². The number of thiophene rings is 1. The van der Waals surface area contributed by atoms with Crippen molar-refractivity contribution in [2.24, 2.45) is 0 Å². The van der Waals surface area contributed by atoms with Crippen LogP contribution in [0.2, 0.25) is 0 Å². The average Bonchev–Trinajstić information content (AvgIpc) is 3.37. The standard InChI is InChI=1S/C26H20N2O2S/c1-16-12-13-19(15-17(16)2)27-24-23(22-11-6-14-31-22)25(29)28(26(24)30)21-10-5-8-18-7-3-4-9-20(18)21/h3-15,27H,1-2H3. The first-order chi connectivity index (χ1) is 15.0. The monoisotopic (exact) mass is 424 g/mol. The van der Waals surface area contributed by atoms with E-state index in [4.69, 9.17) is 0 Å². The highest BCUT2D eigenvalue weighted by atomic mass is 32.1. The zero-order valence-corrected chi connectivity index (χ0v) is 18.0. The number of aryl methyl sites for hydroxylation is 2. The molecule has 1 aliphatic rings. The molecule has 0 spiro atoms. The van der Waals surface area contributed by atoms with Crippen molar-refractivity contribution in [3.63, 3.8) is 0 Å². The normalized spacial score (nSPS) is 14.1. The summed E-state index contributed by atoms with van der Waals surface area (Å²) in [5.74, 6) is -0.655. The number of fused-ring (bicyclic) bond motifs is 1. The highest BCUT2D eigenvalue weighted by Crippen LogP contribution is 2.38. The van der Waals surface area contributed by atoms with Gasteiger partial charge in [-0.1, -0.05) is 48.5 Å². The minimum atomic E-state index is -0.344. The molecule has 152 valence electrons. The van der Waals surface area contributed by atoms with Crippen LogP contribution in [0.1, 0.15) is 16.0 Å². The average molecular weight is 425 g/mol. The van der Waals surface area contributed by atoms with Crippen molar-refractivity contribution in [2.75, 3.05) is 10.2 Å². The molecular weight excluding hydrogens is 404 g/mol. The zero-order valence-electron chi connectivity index (χ0n) is 17.2. The molecule has 1 aliphatic heterocycles. The third-order valence-electron chi connectivity index (χ3n) is 5.64. The Bertz CT molecular complexity index is 1360. The second-order valence-corrected chi connectivity index (χ2v) is 8.54. The number of hydrogen-bond acceptors (Lipinski definition) is 4. The number of amides is 2. The summed E-state index contributed by atoms with van der Waals surface area (Å²) in [6.07, 6.45) is 0. The summed E-state index contributed by atoms with van der Waals surface area (Å²) in [5.41, 5.74) is 4.39. The Balaban J connectivity index is 1.64. The fourth-order valence-electron chi connectivity index (χ4n) is 3.88. The highest BCUT2D eigenvalue weighted by molar-refractivity contribution is 7.11. The minimum Gasteiger partial charge on any atom is -0.350 e. The molecule has 0 fully saturated rings. The summed E-state index contributed by atoms with van der Waals surface area (Å²) in [4.78, 5) is 29.3. The summed E-state index contributed by atoms with van der Waals surface area (Å²) in [5, 5.41) is 7.01. The summed E-state index contributed by atoms with van der Waals surface area (Å²) < 4.78 is 0. The molecule has 0 unspecified atom stereocenters. The number of anilines is 2. The van der Waals surface area contributed by atoms with Crippen LogP contribution in [0.15, 0.2) is 83.9 Å². The SMILES string of the molecule is Cc1ccc(NC2=C(c3cccs3)C(=O)N(c3cccc4ccccc34)C2=O)cc1C. The molecule has 3 aromatic carbocycles. The lowest BCUT2D eigenvalue weighted by atomic mass is 10.1. The maximum absolute atomic E-state index is 13.6. The van der Waals surface area contributed by atoms with Crippen LogP contribution in [0.25, 0.3) is 16.3 Å². The molecule has 0 atom stereocenters. The van der Waals surface area contributed by atoms with E-state index in [-0.39, 0.29) is 11.8 Å². The van der Waals surface area contributed by atoms with Crippen LogP contribution in [0, 0.1) is 13.8 Å². The van der Waals surface area contributed by atoms with Crippen molar-refractivity contribution in [3.8, 4) is 0 Å². The van der Waals surface area contributed by atoms with Crippen LogP contribution in [0.5, 0.6) is 0 Å².